The molecule has 0 spiro atoms. The van der Waals surface area contributed by atoms with E-state index in [0.717, 1.165) is 31.4 Å². The van der Waals surface area contributed by atoms with Crippen molar-refractivity contribution in [3.05, 3.63) is 29.8 Å². The Labute approximate surface area is 137 Å². The minimum absolute atomic E-state index is 0.0263. The number of hydrogen-bond acceptors (Lipinski definition) is 3. The van der Waals surface area contributed by atoms with E-state index in [2.05, 4.69) is 5.32 Å². The number of carbonyl (C=O) groups is 2. The first-order valence-corrected chi connectivity index (χ1v) is 8.52. The van der Waals surface area contributed by atoms with Crippen molar-refractivity contribution in [2.45, 2.75) is 32.1 Å². The highest BCUT2D eigenvalue weighted by molar-refractivity contribution is 5.96. The molecule has 0 atom stereocenters. The van der Waals surface area contributed by atoms with Crippen molar-refractivity contribution in [1.82, 2.24) is 4.90 Å². The molecule has 1 saturated carbocycles. The van der Waals surface area contributed by atoms with Gasteiger partial charge in [0.1, 0.15) is 0 Å². The quantitative estimate of drug-likeness (QED) is 0.932. The van der Waals surface area contributed by atoms with Gasteiger partial charge in [-0.15, -0.1) is 0 Å². The summed E-state index contributed by atoms with van der Waals surface area (Å²) < 4.78 is 5.26. The fraction of sp³-hybridized carbons (Fsp3) is 0.556. The van der Waals surface area contributed by atoms with Crippen molar-refractivity contribution in [1.29, 1.82) is 0 Å². The van der Waals surface area contributed by atoms with E-state index in [1.54, 1.807) is 17.0 Å². The molecule has 2 amide bonds. The second kappa shape index (κ2) is 7.59. The van der Waals surface area contributed by atoms with Crippen molar-refractivity contribution in [2.75, 3.05) is 31.6 Å². The molecule has 0 bridgehead atoms. The van der Waals surface area contributed by atoms with Crippen molar-refractivity contribution >= 4 is 17.5 Å². The zero-order chi connectivity index (χ0) is 16.1. The maximum Gasteiger partial charge on any atom is 0.254 e. The van der Waals surface area contributed by atoms with Crippen LogP contribution in [0.4, 0.5) is 5.69 Å². The van der Waals surface area contributed by atoms with Crippen LogP contribution in [-0.4, -0.2) is 43.0 Å². The molecule has 23 heavy (non-hydrogen) atoms. The van der Waals surface area contributed by atoms with Gasteiger partial charge in [-0.3, -0.25) is 9.59 Å². The molecule has 0 unspecified atom stereocenters. The number of hydrogen-bond donors (Lipinski definition) is 1. The maximum atomic E-state index is 12.4. The highest BCUT2D eigenvalue weighted by Crippen LogP contribution is 2.25. The van der Waals surface area contributed by atoms with Crippen LogP contribution in [0.25, 0.3) is 0 Å². The van der Waals surface area contributed by atoms with E-state index in [0.29, 0.717) is 31.9 Å². The number of ether oxygens (including phenoxy) is 1. The van der Waals surface area contributed by atoms with Crippen molar-refractivity contribution < 1.29 is 14.3 Å². The summed E-state index contributed by atoms with van der Waals surface area (Å²) in [7, 11) is 0. The van der Waals surface area contributed by atoms with Crippen LogP contribution in [0.1, 0.15) is 42.5 Å². The molecule has 2 aliphatic rings. The summed E-state index contributed by atoms with van der Waals surface area (Å²) in [6.45, 7) is 2.47. The topological polar surface area (TPSA) is 58.6 Å². The van der Waals surface area contributed by atoms with Gasteiger partial charge in [0.05, 0.1) is 13.2 Å². The molecule has 2 fully saturated rings. The Morgan fingerprint density at radius 3 is 2.30 bits per heavy atom. The van der Waals surface area contributed by atoms with Gasteiger partial charge in [-0.1, -0.05) is 19.3 Å². The standard InChI is InChI=1S/C18H24N2O3/c21-17(14-4-2-1-3-5-14)19-16-8-6-15(7-9-16)18(22)20-10-12-23-13-11-20/h6-9,14H,1-5,10-13H2,(H,19,21). The molecule has 3 rings (SSSR count). The van der Waals surface area contributed by atoms with Crippen LogP contribution in [0.5, 0.6) is 0 Å². The lowest BCUT2D eigenvalue weighted by Crippen LogP contribution is -2.40. The van der Waals surface area contributed by atoms with Gasteiger partial charge in [-0.05, 0) is 37.1 Å². The largest absolute Gasteiger partial charge is 0.378 e. The third-order valence-corrected chi connectivity index (χ3v) is 4.67. The second-order valence-corrected chi connectivity index (χ2v) is 6.31. The summed E-state index contributed by atoms with van der Waals surface area (Å²) in [6, 6.07) is 7.20. The summed E-state index contributed by atoms with van der Waals surface area (Å²) in [5.74, 6) is 0.272. The van der Waals surface area contributed by atoms with Crippen LogP contribution in [0.3, 0.4) is 0 Å². The van der Waals surface area contributed by atoms with Gasteiger partial charge in [0.2, 0.25) is 5.91 Å². The number of nitrogens with one attached hydrogen (secondary N) is 1. The SMILES string of the molecule is O=C(Nc1ccc(C(=O)N2CCOCC2)cc1)C1CCCCC1. The van der Waals surface area contributed by atoms with Gasteiger partial charge in [-0.25, -0.2) is 0 Å². The number of anilines is 1. The summed E-state index contributed by atoms with van der Waals surface area (Å²) >= 11 is 0. The molecule has 1 N–H and O–H groups in total. The minimum Gasteiger partial charge on any atom is -0.378 e. The summed E-state index contributed by atoms with van der Waals surface area (Å²) in [5, 5.41) is 2.97. The van der Waals surface area contributed by atoms with E-state index in [1.165, 1.54) is 6.42 Å². The van der Waals surface area contributed by atoms with E-state index in [4.69, 9.17) is 4.74 Å². The molecule has 1 aromatic rings. The molecule has 0 aromatic heterocycles. The first kappa shape index (κ1) is 16.0. The van der Waals surface area contributed by atoms with E-state index >= 15 is 0 Å². The molecule has 1 heterocycles. The molecule has 1 aliphatic carbocycles. The molecule has 124 valence electrons. The van der Waals surface area contributed by atoms with Crippen LogP contribution >= 0.6 is 0 Å². The maximum absolute atomic E-state index is 12.4. The van der Waals surface area contributed by atoms with E-state index in [9.17, 15) is 9.59 Å². The molecular formula is C18H24N2O3. The van der Waals surface area contributed by atoms with E-state index in [1.807, 2.05) is 12.1 Å². The monoisotopic (exact) mass is 316 g/mol. The molecule has 1 aromatic carbocycles. The van der Waals surface area contributed by atoms with Crippen molar-refractivity contribution in [2.24, 2.45) is 5.92 Å². The first-order chi connectivity index (χ1) is 11.2. The molecule has 1 saturated heterocycles. The first-order valence-electron chi connectivity index (χ1n) is 8.52. The highest BCUT2D eigenvalue weighted by Gasteiger charge is 2.21. The zero-order valence-electron chi connectivity index (χ0n) is 13.4. The fourth-order valence-electron chi connectivity index (χ4n) is 3.25. The lowest BCUT2D eigenvalue weighted by Gasteiger charge is -2.27. The normalized spacial score (nSPS) is 19.4. The van der Waals surface area contributed by atoms with Gasteiger partial charge in [0, 0.05) is 30.3 Å². The highest BCUT2D eigenvalue weighted by atomic mass is 16.5. The Kier molecular flexibility index (Phi) is 5.28. The molecule has 5 heteroatoms. The summed E-state index contributed by atoms with van der Waals surface area (Å²) in [5.41, 5.74) is 1.42. The van der Waals surface area contributed by atoms with Gasteiger partial charge >= 0.3 is 0 Å². The van der Waals surface area contributed by atoms with Crippen LogP contribution in [0.2, 0.25) is 0 Å². The Morgan fingerprint density at radius 1 is 1.00 bits per heavy atom. The van der Waals surface area contributed by atoms with Gasteiger partial charge in [0.15, 0.2) is 0 Å². The smallest absolute Gasteiger partial charge is 0.254 e. The average molecular weight is 316 g/mol. The summed E-state index contributed by atoms with van der Waals surface area (Å²) in [6.07, 6.45) is 5.50. The third-order valence-electron chi connectivity index (χ3n) is 4.67. The van der Waals surface area contributed by atoms with Gasteiger partial charge in [-0.2, -0.15) is 0 Å². The fourth-order valence-corrected chi connectivity index (χ4v) is 3.25. The predicted molar refractivity (Wildman–Crippen MR) is 88.4 cm³/mol. The van der Waals surface area contributed by atoms with Crippen molar-refractivity contribution in [3.8, 4) is 0 Å². The Bertz CT molecular complexity index is 544. The second-order valence-electron chi connectivity index (χ2n) is 6.31. The average Bonchev–Trinajstić information content (AvgIpc) is 2.63. The number of nitrogens with zero attached hydrogens (tertiary/aromatic N) is 1. The number of morpholine rings is 1. The molecular weight excluding hydrogens is 292 g/mol. The summed E-state index contributed by atoms with van der Waals surface area (Å²) in [4.78, 5) is 26.4. The van der Waals surface area contributed by atoms with E-state index in [-0.39, 0.29) is 17.7 Å². The van der Waals surface area contributed by atoms with Crippen LogP contribution in [-0.2, 0) is 9.53 Å². The van der Waals surface area contributed by atoms with Crippen LogP contribution < -0.4 is 5.32 Å². The predicted octanol–water partition coefficient (Wildman–Crippen LogP) is 2.68. The number of carbonyl (C=O) groups excluding carboxylic acids is 2. The van der Waals surface area contributed by atoms with Gasteiger partial charge < -0.3 is 15.0 Å². The lowest BCUT2D eigenvalue weighted by molar-refractivity contribution is -0.120. The van der Waals surface area contributed by atoms with E-state index < -0.39 is 0 Å². The minimum atomic E-state index is 0.0263. The number of benzene rings is 1. The van der Waals surface area contributed by atoms with Gasteiger partial charge in [0.25, 0.3) is 5.91 Å². The lowest BCUT2D eigenvalue weighted by atomic mass is 9.88. The van der Waals surface area contributed by atoms with Crippen LogP contribution in [0.15, 0.2) is 24.3 Å². The number of rotatable bonds is 3. The Hall–Kier alpha value is -1.88. The molecule has 1 aliphatic heterocycles. The molecule has 5 nitrogen and oxygen atoms in total. The third kappa shape index (κ3) is 4.10. The zero-order valence-corrected chi connectivity index (χ0v) is 13.4. The Balaban J connectivity index is 1.58. The molecule has 0 radical (unpaired) electrons. The van der Waals surface area contributed by atoms with Crippen LogP contribution in [0, 0.1) is 5.92 Å². The Morgan fingerprint density at radius 2 is 1.65 bits per heavy atom. The van der Waals surface area contributed by atoms with Crippen molar-refractivity contribution in [3.63, 3.8) is 0 Å². The number of amides is 2.